The van der Waals surface area contributed by atoms with E-state index in [0.29, 0.717) is 17.0 Å². The van der Waals surface area contributed by atoms with E-state index in [-0.39, 0.29) is 6.42 Å². The molecule has 2 rings (SSSR count). The molecular formula is C12H12FNO3. The zero-order valence-electron chi connectivity index (χ0n) is 9.53. The zero-order valence-corrected chi connectivity index (χ0v) is 9.53. The number of fused-ring (bicyclic) bond motifs is 1. The quantitative estimate of drug-likeness (QED) is 0.891. The summed E-state index contributed by atoms with van der Waals surface area (Å²) in [5.41, 5.74) is -0.0943. The molecule has 4 nitrogen and oxygen atoms in total. The van der Waals surface area contributed by atoms with Crippen molar-refractivity contribution in [3.63, 3.8) is 0 Å². The van der Waals surface area contributed by atoms with Gasteiger partial charge in [0.25, 0.3) is 0 Å². The van der Waals surface area contributed by atoms with Gasteiger partial charge in [-0.2, -0.15) is 0 Å². The van der Waals surface area contributed by atoms with Crippen LogP contribution in [0.5, 0.6) is 0 Å². The number of carboxylic acid groups (broad SMARTS) is 1. The van der Waals surface area contributed by atoms with Gasteiger partial charge in [0.15, 0.2) is 11.5 Å². The van der Waals surface area contributed by atoms with Crippen molar-refractivity contribution < 1.29 is 18.7 Å². The van der Waals surface area contributed by atoms with Crippen molar-refractivity contribution in [3.05, 3.63) is 29.9 Å². The third kappa shape index (κ3) is 2.27. The molecule has 0 saturated carbocycles. The molecule has 0 atom stereocenters. The average Bonchev–Trinajstić information content (AvgIpc) is 2.57. The summed E-state index contributed by atoms with van der Waals surface area (Å²) in [6.07, 6.45) is 0.165. The van der Waals surface area contributed by atoms with Crippen LogP contribution in [-0.2, 0) is 11.2 Å². The highest BCUT2D eigenvalue weighted by atomic mass is 19.1. The van der Waals surface area contributed by atoms with E-state index in [2.05, 4.69) is 4.98 Å². The third-order valence-electron chi connectivity index (χ3n) is 2.57. The van der Waals surface area contributed by atoms with Crippen LogP contribution < -0.4 is 0 Å². The second-order valence-corrected chi connectivity index (χ2v) is 4.59. The Morgan fingerprint density at radius 3 is 2.88 bits per heavy atom. The van der Waals surface area contributed by atoms with Crippen molar-refractivity contribution in [2.45, 2.75) is 20.3 Å². The van der Waals surface area contributed by atoms with E-state index in [1.54, 1.807) is 13.8 Å². The Morgan fingerprint density at radius 2 is 2.24 bits per heavy atom. The third-order valence-corrected chi connectivity index (χ3v) is 2.57. The number of nitrogens with zero attached hydrogens (tertiary/aromatic N) is 1. The van der Waals surface area contributed by atoms with E-state index in [4.69, 9.17) is 9.52 Å². The van der Waals surface area contributed by atoms with Gasteiger partial charge in [0.2, 0.25) is 0 Å². The fourth-order valence-corrected chi connectivity index (χ4v) is 1.48. The number of benzene rings is 1. The normalized spacial score (nSPS) is 11.9. The molecule has 0 radical (unpaired) electrons. The molecule has 1 aromatic carbocycles. The van der Waals surface area contributed by atoms with Gasteiger partial charge >= 0.3 is 5.97 Å². The van der Waals surface area contributed by atoms with Crippen molar-refractivity contribution in [1.82, 2.24) is 4.98 Å². The lowest BCUT2D eigenvalue weighted by Gasteiger charge is -2.15. The standard InChI is InChI=1S/C12H12FNO3/c1-12(2,11(15)16)6-10-14-8-4-3-7(13)5-9(8)17-10/h3-5H,6H2,1-2H3,(H,15,16). The highest BCUT2D eigenvalue weighted by Crippen LogP contribution is 2.24. The Kier molecular flexibility index (Phi) is 2.61. The van der Waals surface area contributed by atoms with Gasteiger partial charge in [0.1, 0.15) is 11.3 Å². The van der Waals surface area contributed by atoms with Crippen LogP contribution in [-0.4, -0.2) is 16.1 Å². The molecule has 17 heavy (non-hydrogen) atoms. The largest absolute Gasteiger partial charge is 0.481 e. The molecule has 0 unspecified atom stereocenters. The van der Waals surface area contributed by atoms with Crippen molar-refractivity contribution in [2.75, 3.05) is 0 Å². The number of halogens is 1. The van der Waals surface area contributed by atoms with E-state index < -0.39 is 17.2 Å². The Hall–Kier alpha value is -1.91. The first-order chi connectivity index (χ1) is 7.88. The van der Waals surface area contributed by atoms with Gasteiger partial charge < -0.3 is 9.52 Å². The number of aliphatic carboxylic acids is 1. The first-order valence-corrected chi connectivity index (χ1v) is 5.17. The first-order valence-electron chi connectivity index (χ1n) is 5.17. The van der Waals surface area contributed by atoms with Crippen LogP contribution in [0.4, 0.5) is 4.39 Å². The minimum Gasteiger partial charge on any atom is -0.481 e. The fourth-order valence-electron chi connectivity index (χ4n) is 1.48. The van der Waals surface area contributed by atoms with E-state index in [1.165, 1.54) is 18.2 Å². The number of hydrogen-bond donors (Lipinski definition) is 1. The summed E-state index contributed by atoms with van der Waals surface area (Å²) < 4.78 is 18.3. The molecule has 90 valence electrons. The van der Waals surface area contributed by atoms with Crippen LogP contribution in [0.2, 0.25) is 0 Å². The summed E-state index contributed by atoms with van der Waals surface area (Å²) in [6, 6.07) is 4.03. The fraction of sp³-hybridized carbons (Fsp3) is 0.333. The van der Waals surface area contributed by atoms with Crippen LogP contribution in [0.25, 0.3) is 11.1 Å². The molecule has 0 fully saturated rings. The number of hydrogen-bond acceptors (Lipinski definition) is 3. The molecule has 0 spiro atoms. The van der Waals surface area contributed by atoms with Crippen LogP contribution >= 0.6 is 0 Å². The van der Waals surface area contributed by atoms with E-state index in [0.717, 1.165) is 0 Å². The number of aromatic nitrogens is 1. The van der Waals surface area contributed by atoms with Crippen LogP contribution in [0.1, 0.15) is 19.7 Å². The van der Waals surface area contributed by atoms with Crippen LogP contribution in [0.15, 0.2) is 22.6 Å². The maximum Gasteiger partial charge on any atom is 0.309 e. The Morgan fingerprint density at radius 1 is 1.53 bits per heavy atom. The summed E-state index contributed by atoms with van der Waals surface area (Å²) in [5.74, 6) is -1.03. The van der Waals surface area contributed by atoms with Gasteiger partial charge in [0.05, 0.1) is 5.41 Å². The highest BCUT2D eigenvalue weighted by molar-refractivity contribution is 5.75. The van der Waals surface area contributed by atoms with Crippen molar-refractivity contribution in [3.8, 4) is 0 Å². The Labute approximate surface area is 97.1 Å². The average molecular weight is 237 g/mol. The molecule has 0 aliphatic carbocycles. The lowest BCUT2D eigenvalue weighted by atomic mass is 9.90. The smallest absolute Gasteiger partial charge is 0.309 e. The molecule has 0 aliphatic heterocycles. The molecule has 0 bridgehead atoms. The summed E-state index contributed by atoms with van der Waals surface area (Å²) >= 11 is 0. The number of rotatable bonds is 3. The van der Waals surface area contributed by atoms with Gasteiger partial charge in [-0.25, -0.2) is 9.37 Å². The van der Waals surface area contributed by atoms with Gasteiger partial charge in [-0.15, -0.1) is 0 Å². The molecular weight excluding hydrogens is 225 g/mol. The van der Waals surface area contributed by atoms with Crippen molar-refractivity contribution in [2.24, 2.45) is 5.41 Å². The van der Waals surface area contributed by atoms with E-state index >= 15 is 0 Å². The summed E-state index contributed by atoms with van der Waals surface area (Å²) in [7, 11) is 0. The van der Waals surface area contributed by atoms with Crippen LogP contribution in [0, 0.1) is 11.2 Å². The minimum absolute atomic E-state index is 0.165. The molecule has 0 aliphatic rings. The molecule has 1 heterocycles. The second-order valence-electron chi connectivity index (χ2n) is 4.59. The molecule has 5 heteroatoms. The first kappa shape index (κ1) is 11.6. The topological polar surface area (TPSA) is 63.3 Å². The lowest BCUT2D eigenvalue weighted by Crippen LogP contribution is -2.26. The van der Waals surface area contributed by atoms with Gasteiger partial charge in [-0.1, -0.05) is 0 Å². The molecule has 1 aromatic heterocycles. The summed E-state index contributed by atoms with van der Waals surface area (Å²) in [6.45, 7) is 3.18. The molecule has 0 saturated heterocycles. The molecule has 2 aromatic rings. The summed E-state index contributed by atoms with van der Waals surface area (Å²) in [4.78, 5) is 15.1. The monoisotopic (exact) mass is 237 g/mol. The van der Waals surface area contributed by atoms with Gasteiger partial charge in [-0.3, -0.25) is 4.79 Å². The maximum absolute atomic E-state index is 12.9. The predicted molar refractivity (Wildman–Crippen MR) is 59.1 cm³/mol. The molecule has 1 N–H and O–H groups in total. The number of carbonyl (C=O) groups is 1. The predicted octanol–water partition coefficient (Wildman–Crippen LogP) is 2.62. The SMILES string of the molecule is CC(C)(Cc1nc2ccc(F)cc2o1)C(=O)O. The Bertz CT molecular complexity index is 574. The van der Waals surface area contributed by atoms with E-state index in [1.807, 2.05) is 0 Å². The van der Waals surface area contributed by atoms with Crippen LogP contribution in [0.3, 0.4) is 0 Å². The van der Waals surface area contributed by atoms with Gasteiger partial charge in [0, 0.05) is 12.5 Å². The van der Waals surface area contributed by atoms with Crippen molar-refractivity contribution in [1.29, 1.82) is 0 Å². The number of carboxylic acids is 1. The summed E-state index contributed by atoms with van der Waals surface area (Å²) in [5, 5.41) is 8.99. The highest BCUT2D eigenvalue weighted by Gasteiger charge is 2.29. The zero-order chi connectivity index (χ0) is 12.6. The Balaban J connectivity index is 2.34. The number of oxazole rings is 1. The second kappa shape index (κ2) is 3.84. The van der Waals surface area contributed by atoms with Gasteiger partial charge in [-0.05, 0) is 26.0 Å². The van der Waals surface area contributed by atoms with Crippen molar-refractivity contribution >= 4 is 17.1 Å². The lowest BCUT2D eigenvalue weighted by molar-refractivity contribution is -0.147. The van der Waals surface area contributed by atoms with E-state index in [9.17, 15) is 9.18 Å². The molecule has 0 amide bonds. The minimum atomic E-state index is -0.959. The maximum atomic E-state index is 12.9.